The Morgan fingerprint density at radius 3 is 1.72 bits per heavy atom. The van der Waals surface area contributed by atoms with Crippen LogP contribution < -0.4 is 9.47 Å². The monoisotopic (exact) mass is 822 g/mol. The molecule has 0 radical (unpaired) electrons. The fraction of sp³-hybridized carbons (Fsp3) is 0.250. The number of imidazole rings is 2. The van der Waals surface area contributed by atoms with Crippen LogP contribution in [0.4, 0.5) is 0 Å². The first-order chi connectivity index (χ1) is 25.9. The van der Waals surface area contributed by atoms with Crippen LogP contribution in [-0.4, -0.2) is 67.9 Å². The minimum atomic E-state index is 0.732. The first-order valence-electron chi connectivity index (χ1n) is 17.2. The van der Waals surface area contributed by atoms with Crippen LogP contribution in [0.2, 0.25) is 0 Å². The van der Waals surface area contributed by atoms with Gasteiger partial charge in [-0.1, -0.05) is 83.3 Å². The van der Waals surface area contributed by atoms with Crippen LogP contribution in [0.3, 0.4) is 0 Å². The Balaban J connectivity index is 0.000000173. The average Bonchev–Trinajstić information content (AvgIpc) is 4.02. The van der Waals surface area contributed by atoms with Gasteiger partial charge in [0.15, 0.2) is 34.4 Å². The molecule has 0 aliphatic rings. The first-order valence-corrected chi connectivity index (χ1v) is 19.4. The number of fused-ring (bicyclic) bond motifs is 2. The number of ether oxygens (including phenoxy) is 2. The lowest BCUT2D eigenvalue weighted by Gasteiger charge is -2.02. The minimum Gasteiger partial charge on any atom is -0.493 e. The number of nitrogens with one attached hydrogen (secondary N) is 1. The molecule has 8 aromatic rings. The largest absolute Gasteiger partial charge is 0.493 e. The molecular formula is C40H43IN10O2. The molecule has 272 valence electrons. The molecular weight excluding hydrogens is 779 g/mol. The van der Waals surface area contributed by atoms with Crippen LogP contribution in [0.25, 0.3) is 34.1 Å². The van der Waals surface area contributed by atoms with E-state index in [1.807, 2.05) is 114 Å². The fourth-order valence-electron chi connectivity index (χ4n) is 5.95. The predicted octanol–water partition coefficient (Wildman–Crippen LogP) is 7.50. The zero-order chi connectivity index (χ0) is 37.3. The minimum absolute atomic E-state index is 0.732. The summed E-state index contributed by atoms with van der Waals surface area (Å²) in [5.74, 6) is 4.92. The number of methoxy groups -OCH3 is 2. The Morgan fingerprint density at radius 2 is 1.17 bits per heavy atom. The fourth-order valence-corrected chi connectivity index (χ4v) is 5.95. The highest BCUT2D eigenvalue weighted by atomic mass is 127. The van der Waals surface area contributed by atoms with Crippen molar-refractivity contribution < 1.29 is 9.47 Å². The van der Waals surface area contributed by atoms with Gasteiger partial charge in [0.1, 0.15) is 11.6 Å². The van der Waals surface area contributed by atoms with E-state index in [2.05, 4.69) is 75.6 Å². The van der Waals surface area contributed by atoms with Gasteiger partial charge in [0.05, 0.1) is 19.9 Å². The summed E-state index contributed by atoms with van der Waals surface area (Å²) in [4.78, 5) is 23.8. The highest BCUT2D eigenvalue weighted by molar-refractivity contribution is 14.1. The van der Waals surface area contributed by atoms with E-state index in [1.165, 1.54) is 0 Å². The zero-order valence-corrected chi connectivity index (χ0v) is 32.9. The van der Waals surface area contributed by atoms with Crippen LogP contribution >= 0.6 is 22.6 Å². The van der Waals surface area contributed by atoms with Crippen LogP contribution in [0.15, 0.2) is 97.3 Å². The molecule has 6 heterocycles. The van der Waals surface area contributed by atoms with Crippen molar-refractivity contribution >= 4 is 33.9 Å². The zero-order valence-electron chi connectivity index (χ0n) is 30.8. The van der Waals surface area contributed by atoms with E-state index >= 15 is 0 Å². The second kappa shape index (κ2) is 17.3. The Labute approximate surface area is 322 Å². The summed E-state index contributed by atoms with van der Waals surface area (Å²) < 4.78 is 16.5. The topological polar surface area (TPSA) is 125 Å². The molecule has 0 aliphatic carbocycles. The van der Waals surface area contributed by atoms with Crippen molar-refractivity contribution in [3.05, 3.63) is 132 Å². The number of aromatic nitrogens is 10. The Kier molecular flexibility index (Phi) is 12.1. The predicted molar refractivity (Wildman–Crippen MR) is 216 cm³/mol. The molecule has 0 atom stereocenters. The van der Waals surface area contributed by atoms with Crippen molar-refractivity contribution in [2.45, 2.75) is 39.5 Å². The van der Waals surface area contributed by atoms with Gasteiger partial charge >= 0.3 is 0 Å². The third-order valence-electron chi connectivity index (χ3n) is 8.66. The number of rotatable bonds is 10. The molecule has 2 aromatic carbocycles. The number of hydrogen-bond donors (Lipinski definition) is 1. The number of H-pyrrole nitrogens is 1. The molecule has 0 fully saturated rings. The van der Waals surface area contributed by atoms with Gasteiger partial charge in [0, 0.05) is 60.5 Å². The summed E-state index contributed by atoms with van der Waals surface area (Å²) in [5.41, 5.74) is 7.88. The van der Waals surface area contributed by atoms with Crippen LogP contribution in [0.1, 0.15) is 34.4 Å². The maximum absolute atomic E-state index is 5.39. The molecule has 0 aliphatic heterocycles. The lowest BCUT2D eigenvalue weighted by Crippen LogP contribution is -1.97. The van der Waals surface area contributed by atoms with Crippen molar-refractivity contribution in [2.24, 2.45) is 7.05 Å². The van der Waals surface area contributed by atoms with E-state index in [1.54, 1.807) is 14.2 Å². The molecule has 12 nitrogen and oxygen atoms in total. The van der Waals surface area contributed by atoms with Crippen LogP contribution in [0.5, 0.6) is 11.5 Å². The number of nitrogens with zero attached hydrogens (tertiary/aromatic N) is 9. The first kappa shape index (κ1) is 37.2. The Morgan fingerprint density at radius 1 is 0.642 bits per heavy atom. The summed E-state index contributed by atoms with van der Waals surface area (Å²) in [6, 6.07) is 28.1. The Hall–Kier alpha value is -5.57. The molecule has 1 N–H and O–H groups in total. The lowest BCUT2D eigenvalue weighted by molar-refractivity contribution is 0.416. The smallest absolute Gasteiger partial charge is 0.198 e. The number of aryl methyl sites for hydroxylation is 7. The van der Waals surface area contributed by atoms with Crippen LogP contribution in [-0.2, 0) is 32.7 Å². The number of halogens is 1. The third kappa shape index (κ3) is 8.57. The van der Waals surface area contributed by atoms with E-state index in [4.69, 9.17) is 14.5 Å². The SMILES string of the molecule is CI.COc1ccc(C)n2nc(CCc3cn(C)c(-c4ccccc4)n3)nc12.COc1ccc(C)n2nc(CCc3cnc(-c4ccccc4)[nH]3)nc12. The molecule has 0 bridgehead atoms. The van der Waals surface area contributed by atoms with E-state index in [-0.39, 0.29) is 0 Å². The highest BCUT2D eigenvalue weighted by Gasteiger charge is 2.14. The average molecular weight is 823 g/mol. The van der Waals surface area contributed by atoms with Gasteiger partial charge in [0.2, 0.25) is 0 Å². The number of benzene rings is 2. The standard InChI is InChI=1S/C20H21N5O.C19H19N5O.CH3I/c1-14-9-11-17(26-3)20-22-18(23-25(14)20)12-10-16-13-24(2)19(21-16)15-7-5-4-6-8-15;1-13-8-10-16(25-2)19-22-17(23-24(13)19)11-9-15-12-20-18(21-15)14-6-4-3-5-7-14;1-2/h4-9,11,13H,10,12H2,1-3H3;3-8,10,12H,9,11H2,1-2H3,(H,20,21);1H3. The summed E-state index contributed by atoms with van der Waals surface area (Å²) in [6.07, 6.45) is 7.02. The maximum Gasteiger partial charge on any atom is 0.198 e. The van der Waals surface area contributed by atoms with E-state index in [9.17, 15) is 0 Å². The van der Waals surface area contributed by atoms with Gasteiger partial charge in [-0.25, -0.2) is 29.0 Å². The van der Waals surface area contributed by atoms with Gasteiger partial charge in [-0.2, -0.15) is 10.2 Å². The molecule has 6 aromatic heterocycles. The van der Waals surface area contributed by atoms with Gasteiger partial charge in [-0.15, -0.1) is 0 Å². The molecule has 0 amide bonds. The van der Waals surface area contributed by atoms with Gasteiger partial charge in [-0.05, 0) is 55.9 Å². The molecule has 13 heteroatoms. The normalized spacial score (nSPS) is 10.8. The van der Waals surface area contributed by atoms with E-state index in [0.29, 0.717) is 0 Å². The quantitative estimate of drug-likeness (QED) is 0.111. The van der Waals surface area contributed by atoms with Crippen molar-refractivity contribution in [1.82, 2.24) is 48.7 Å². The van der Waals surface area contributed by atoms with E-state index < -0.39 is 0 Å². The number of pyridine rings is 2. The number of hydrogen-bond acceptors (Lipinski definition) is 8. The van der Waals surface area contributed by atoms with Gasteiger partial charge in [0.25, 0.3) is 0 Å². The molecule has 0 unspecified atom stereocenters. The van der Waals surface area contributed by atoms with Crippen molar-refractivity contribution in [1.29, 1.82) is 0 Å². The maximum atomic E-state index is 5.39. The van der Waals surface area contributed by atoms with Gasteiger partial charge < -0.3 is 19.0 Å². The highest BCUT2D eigenvalue weighted by Crippen LogP contribution is 2.22. The molecule has 0 saturated heterocycles. The molecule has 53 heavy (non-hydrogen) atoms. The number of aromatic amines is 1. The second-order valence-corrected chi connectivity index (χ2v) is 12.3. The van der Waals surface area contributed by atoms with Crippen molar-refractivity contribution in [2.75, 3.05) is 19.2 Å². The van der Waals surface area contributed by atoms with Crippen molar-refractivity contribution in [3.8, 4) is 34.3 Å². The third-order valence-corrected chi connectivity index (χ3v) is 8.66. The summed E-state index contributed by atoms with van der Waals surface area (Å²) in [6.45, 7) is 4.02. The molecule has 0 spiro atoms. The summed E-state index contributed by atoms with van der Waals surface area (Å²) in [5, 5.41) is 9.21. The number of alkyl halides is 1. The van der Waals surface area contributed by atoms with Gasteiger partial charge in [-0.3, -0.25) is 0 Å². The Bertz CT molecular complexity index is 2400. The van der Waals surface area contributed by atoms with Crippen LogP contribution in [0, 0.1) is 13.8 Å². The summed E-state index contributed by atoms with van der Waals surface area (Å²) in [7, 11) is 5.32. The van der Waals surface area contributed by atoms with E-state index in [0.717, 1.165) is 106 Å². The second-order valence-electron chi connectivity index (χ2n) is 12.3. The molecule has 8 rings (SSSR count). The summed E-state index contributed by atoms with van der Waals surface area (Å²) >= 11 is 2.15. The lowest BCUT2D eigenvalue weighted by atomic mass is 10.2. The van der Waals surface area contributed by atoms with Crippen molar-refractivity contribution in [3.63, 3.8) is 0 Å². The molecule has 0 saturated carbocycles.